The van der Waals surface area contributed by atoms with Crippen molar-refractivity contribution in [3.63, 3.8) is 0 Å². The fourth-order valence-electron chi connectivity index (χ4n) is 4.63. The normalized spacial score (nSPS) is 18.2. The molecule has 2 atom stereocenters. The van der Waals surface area contributed by atoms with Crippen LogP contribution in [0.5, 0.6) is 5.75 Å². The number of carbonyl (C=O) groups excluding carboxylic acids is 1. The summed E-state index contributed by atoms with van der Waals surface area (Å²) in [4.78, 5) is 12.6. The molecule has 2 rings (SSSR count). The minimum atomic E-state index is -0.0658. The van der Waals surface area contributed by atoms with Crippen molar-refractivity contribution in [1.82, 2.24) is 0 Å². The number of benzene rings is 1. The van der Waals surface area contributed by atoms with Gasteiger partial charge in [-0.2, -0.15) is 0 Å². The molecule has 0 spiro atoms. The third kappa shape index (κ3) is 11.4. The first-order chi connectivity index (χ1) is 16.3. The molecule has 1 aromatic carbocycles. The van der Waals surface area contributed by atoms with Gasteiger partial charge in [-0.05, 0) is 31.7 Å². The molecule has 188 valence electrons. The molecule has 0 bridgehead atoms. The molecule has 5 nitrogen and oxygen atoms in total. The quantitative estimate of drug-likeness (QED) is 0.131. The maximum absolute atomic E-state index is 12.6. The van der Waals surface area contributed by atoms with E-state index in [1.54, 1.807) is 7.11 Å². The fourth-order valence-corrected chi connectivity index (χ4v) is 4.63. The molecule has 0 saturated heterocycles. The highest BCUT2D eigenvalue weighted by molar-refractivity contribution is 5.69. The minimum absolute atomic E-state index is 0.0452. The number of rotatable bonds is 18. The van der Waals surface area contributed by atoms with Gasteiger partial charge in [0.1, 0.15) is 11.9 Å². The number of hydrogen-bond acceptors (Lipinski definition) is 5. The molecule has 5 heteroatoms. The van der Waals surface area contributed by atoms with Crippen molar-refractivity contribution < 1.29 is 23.7 Å². The Bertz CT molecular complexity index is 632. The van der Waals surface area contributed by atoms with Crippen LogP contribution in [-0.4, -0.2) is 39.2 Å². The van der Waals surface area contributed by atoms with Gasteiger partial charge in [-0.1, -0.05) is 82.9 Å². The van der Waals surface area contributed by atoms with Crippen LogP contribution in [0.2, 0.25) is 0 Å². The average molecular weight is 463 g/mol. The molecule has 0 radical (unpaired) electrons. The standard InChI is InChI=1S/C28H46O5/c1-3-4-5-6-7-8-9-10-11-20-28(29)33-27-19-15-13-17-25(27)24-16-12-14-18-26(24)32-23-31-22-21-30-2/h12,14,16,18,25,27H,3-11,13,15,17,19-23H2,1-2H3/t25-,27+/m0/s1. The van der Waals surface area contributed by atoms with Crippen LogP contribution in [0.4, 0.5) is 0 Å². The van der Waals surface area contributed by atoms with Gasteiger partial charge in [0, 0.05) is 25.0 Å². The molecule has 1 aliphatic rings. The van der Waals surface area contributed by atoms with E-state index < -0.39 is 0 Å². The maximum atomic E-state index is 12.6. The second-order valence-electron chi connectivity index (χ2n) is 9.20. The van der Waals surface area contributed by atoms with Gasteiger partial charge in [-0.3, -0.25) is 4.79 Å². The van der Waals surface area contributed by atoms with Crippen LogP contribution in [0, 0.1) is 0 Å². The molecule has 1 aromatic rings. The molecule has 0 aliphatic heterocycles. The van der Waals surface area contributed by atoms with Crippen molar-refractivity contribution in [2.24, 2.45) is 0 Å². The molecular formula is C28H46O5. The van der Waals surface area contributed by atoms with Crippen molar-refractivity contribution in [3.8, 4) is 5.75 Å². The van der Waals surface area contributed by atoms with Crippen molar-refractivity contribution in [2.75, 3.05) is 27.1 Å². The summed E-state index contributed by atoms with van der Waals surface area (Å²) in [7, 11) is 1.65. The Hall–Kier alpha value is -1.59. The first kappa shape index (κ1) is 27.7. The minimum Gasteiger partial charge on any atom is -0.467 e. The Morgan fingerprint density at radius 1 is 0.909 bits per heavy atom. The topological polar surface area (TPSA) is 54.0 Å². The van der Waals surface area contributed by atoms with Crippen molar-refractivity contribution >= 4 is 5.97 Å². The van der Waals surface area contributed by atoms with E-state index in [-0.39, 0.29) is 24.8 Å². The van der Waals surface area contributed by atoms with Gasteiger partial charge in [-0.15, -0.1) is 0 Å². The molecule has 0 N–H and O–H groups in total. The zero-order valence-electron chi connectivity index (χ0n) is 21.0. The zero-order valence-corrected chi connectivity index (χ0v) is 21.0. The maximum Gasteiger partial charge on any atom is 0.306 e. The summed E-state index contributed by atoms with van der Waals surface area (Å²) in [5.41, 5.74) is 1.12. The van der Waals surface area contributed by atoms with Crippen LogP contribution in [0.3, 0.4) is 0 Å². The summed E-state index contributed by atoms with van der Waals surface area (Å²) in [6.45, 7) is 3.49. The molecule has 1 saturated carbocycles. The highest BCUT2D eigenvalue weighted by Gasteiger charge is 2.31. The van der Waals surface area contributed by atoms with Crippen molar-refractivity contribution in [1.29, 1.82) is 0 Å². The average Bonchev–Trinajstić information content (AvgIpc) is 2.83. The van der Waals surface area contributed by atoms with Gasteiger partial charge in [0.15, 0.2) is 6.79 Å². The molecule has 0 heterocycles. The van der Waals surface area contributed by atoms with E-state index in [4.69, 9.17) is 18.9 Å². The number of methoxy groups -OCH3 is 1. The molecule has 1 fully saturated rings. The fraction of sp³-hybridized carbons (Fsp3) is 0.750. The molecule has 33 heavy (non-hydrogen) atoms. The molecule has 0 amide bonds. The van der Waals surface area contributed by atoms with E-state index in [0.717, 1.165) is 49.8 Å². The van der Waals surface area contributed by atoms with Gasteiger partial charge in [0.05, 0.1) is 13.2 Å². The lowest BCUT2D eigenvalue weighted by Gasteiger charge is -2.32. The first-order valence-corrected chi connectivity index (χ1v) is 13.2. The number of esters is 1. The smallest absolute Gasteiger partial charge is 0.306 e. The van der Waals surface area contributed by atoms with Crippen molar-refractivity contribution in [3.05, 3.63) is 29.8 Å². The number of unbranched alkanes of at least 4 members (excludes halogenated alkanes) is 8. The molecule has 0 unspecified atom stereocenters. The number of carbonyl (C=O) groups is 1. The largest absolute Gasteiger partial charge is 0.467 e. The lowest BCUT2D eigenvalue weighted by molar-refractivity contribution is -0.151. The molecule has 1 aliphatic carbocycles. The van der Waals surface area contributed by atoms with Crippen LogP contribution in [0.1, 0.15) is 108 Å². The third-order valence-corrected chi connectivity index (χ3v) is 6.52. The number of para-hydroxylation sites is 1. The van der Waals surface area contributed by atoms with E-state index in [1.807, 2.05) is 18.2 Å². The summed E-state index contributed by atoms with van der Waals surface area (Å²) in [6, 6.07) is 8.08. The highest BCUT2D eigenvalue weighted by atomic mass is 16.7. The van der Waals surface area contributed by atoms with Gasteiger partial charge >= 0.3 is 5.97 Å². The van der Waals surface area contributed by atoms with E-state index in [9.17, 15) is 4.79 Å². The number of ether oxygens (including phenoxy) is 4. The number of hydrogen-bond donors (Lipinski definition) is 0. The zero-order chi connectivity index (χ0) is 23.6. The van der Waals surface area contributed by atoms with E-state index in [0.29, 0.717) is 19.6 Å². The second-order valence-corrected chi connectivity index (χ2v) is 9.20. The van der Waals surface area contributed by atoms with Crippen molar-refractivity contribution in [2.45, 2.75) is 109 Å². The SMILES string of the molecule is CCCCCCCCCCCC(=O)O[C@@H]1CCCC[C@H]1c1ccccc1OCOCCOC. The highest BCUT2D eigenvalue weighted by Crippen LogP contribution is 2.39. The molecule has 0 aromatic heterocycles. The van der Waals surface area contributed by atoms with E-state index in [1.165, 1.54) is 44.9 Å². The summed E-state index contributed by atoms with van der Waals surface area (Å²) in [5, 5.41) is 0. The van der Waals surface area contributed by atoms with Crippen LogP contribution in [-0.2, 0) is 19.0 Å². The first-order valence-electron chi connectivity index (χ1n) is 13.2. The summed E-state index contributed by atoms with van der Waals surface area (Å²) in [5.74, 6) is 0.957. The van der Waals surface area contributed by atoms with E-state index >= 15 is 0 Å². The van der Waals surface area contributed by atoms with Gasteiger partial charge in [0.2, 0.25) is 0 Å². The van der Waals surface area contributed by atoms with Gasteiger partial charge in [0.25, 0.3) is 0 Å². The van der Waals surface area contributed by atoms with Crippen LogP contribution in [0.15, 0.2) is 24.3 Å². The molecular weight excluding hydrogens is 416 g/mol. The van der Waals surface area contributed by atoms with Crippen LogP contribution < -0.4 is 4.74 Å². The Labute approximate surface area is 201 Å². The summed E-state index contributed by atoms with van der Waals surface area (Å²) >= 11 is 0. The Morgan fingerprint density at radius 3 is 2.36 bits per heavy atom. The Morgan fingerprint density at radius 2 is 1.61 bits per heavy atom. The van der Waals surface area contributed by atoms with Crippen LogP contribution in [0.25, 0.3) is 0 Å². The monoisotopic (exact) mass is 462 g/mol. The second kappa shape index (κ2) is 17.8. The van der Waals surface area contributed by atoms with Gasteiger partial charge < -0.3 is 18.9 Å². The Kier molecular flexibility index (Phi) is 14.9. The lowest BCUT2D eigenvalue weighted by Crippen LogP contribution is -2.29. The Balaban J connectivity index is 1.75. The third-order valence-electron chi connectivity index (χ3n) is 6.52. The summed E-state index contributed by atoms with van der Waals surface area (Å²) < 4.78 is 22.4. The lowest BCUT2D eigenvalue weighted by atomic mass is 9.81. The van der Waals surface area contributed by atoms with E-state index in [2.05, 4.69) is 13.0 Å². The van der Waals surface area contributed by atoms with Crippen LogP contribution >= 0.6 is 0 Å². The predicted octanol–water partition coefficient (Wildman–Crippen LogP) is 7.18. The summed E-state index contributed by atoms with van der Waals surface area (Å²) in [6.07, 6.45) is 15.9. The van der Waals surface area contributed by atoms with Gasteiger partial charge in [-0.25, -0.2) is 0 Å². The predicted molar refractivity (Wildman–Crippen MR) is 133 cm³/mol.